The van der Waals surface area contributed by atoms with Crippen LogP contribution < -0.4 is 0 Å². The Morgan fingerprint density at radius 3 is 2.20 bits per heavy atom. The molecule has 2 nitrogen and oxygen atoms in total. The van der Waals surface area contributed by atoms with E-state index in [-0.39, 0.29) is 0 Å². The van der Waals surface area contributed by atoms with Gasteiger partial charge in [0.05, 0.1) is 0 Å². The molecule has 0 aliphatic carbocycles. The molecule has 0 heterocycles. The van der Waals surface area contributed by atoms with Gasteiger partial charge in [0.25, 0.3) is 0 Å². The summed E-state index contributed by atoms with van der Waals surface area (Å²) in [5, 5.41) is 15.3. The molecule has 0 aromatic carbocycles. The van der Waals surface area contributed by atoms with Crippen LogP contribution in [0.3, 0.4) is 0 Å². The Balaban J connectivity index is 3.35. The first-order valence-electron chi connectivity index (χ1n) is 1.05. The molecule has 5 heavy (non-hydrogen) atoms. The summed E-state index contributed by atoms with van der Waals surface area (Å²) < 4.78 is 0. The van der Waals surface area contributed by atoms with E-state index in [1.807, 2.05) is 0 Å². The largest absolute Gasteiger partial charge is 0.500 e. The minimum Gasteiger partial charge on any atom is -0.500 e. The maximum Gasteiger partial charge on any atom is 0.187 e. The van der Waals surface area contributed by atoms with Gasteiger partial charge >= 0.3 is 0 Å². The van der Waals surface area contributed by atoms with Crippen LogP contribution in [0.4, 0.5) is 0 Å². The van der Waals surface area contributed by atoms with Gasteiger partial charge in [-0.25, -0.2) is 0 Å². The van der Waals surface area contributed by atoms with Crippen molar-refractivity contribution in [2.45, 2.75) is 0 Å². The molecule has 0 fully saturated rings. The summed E-state index contributed by atoms with van der Waals surface area (Å²) >= 11 is 0. The predicted octanol–water partition coefficient (Wildman–Crippen LogP) is 0.582. The number of nitrogens with zero attached hydrogens (tertiary/aromatic N) is 1. The molecule has 0 aromatic rings. The molecule has 0 unspecified atom stereocenters. The zero-order valence-electron chi connectivity index (χ0n) is 2.60. The Kier molecular flexibility index (Phi) is 1.10. The van der Waals surface area contributed by atoms with Gasteiger partial charge in [0.1, 0.15) is 6.07 Å². The Hall–Kier alpha value is -0.970. The summed E-state index contributed by atoms with van der Waals surface area (Å²) in [6, 6.07) is 1.39. The van der Waals surface area contributed by atoms with E-state index in [0.29, 0.717) is 0 Å². The van der Waals surface area contributed by atoms with Gasteiger partial charge in [-0.05, 0) is 6.58 Å². The monoisotopic (exact) mass is 69.0 g/mol. The lowest BCUT2D eigenvalue weighted by Crippen LogP contribution is -1.60. The van der Waals surface area contributed by atoms with Crippen LogP contribution in [0.1, 0.15) is 0 Å². The Labute approximate surface area is 30.0 Å². The fourth-order valence-corrected chi connectivity index (χ4v) is 0. The van der Waals surface area contributed by atoms with Gasteiger partial charge in [0.15, 0.2) is 5.76 Å². The minimum atomic E-state index is -0.440. The lowest BCUT2D eigenvalue weighted by molar-refractivity contribution is 0.439. The SMILES string of the molecule is C=C(O)C#N. The van der Waals surface area contributed by atoms with Gasteiger partial charge in [-0.2, -0.15) is 5.26 Å². The summed E-state index contributed by atoms with van der Waals surface area (Å²) in [5.74, 6) is -0.440. The first-order valence-corrected chi connectivity index (χ1v) is 1.05. The smallest absolute Gasteiger partial charge is 0.187 e. The molecule has 0 aliphatic rings. The van der Waals surface area contributed by atoms with Crippen molar-refractivity contribution in [3.63, 3.8) is 0 Å². The van der Waals surface area contributed by atoms with Crippen molar-refractivity contribution in [1.82, 2.24) is 0 Å². The van der Waals surface area contributed by atoms with Crippen molar-refractivity contribution in [3.05, 3.63) is 12.3 Å². The molecular formula is C3H3NO. The van der Waals surface area contributed by atoms with Crippen molar-refractivity contribution < 1.29 is 5.11 Å². The minimum absolute atomic E-state index is 0.440. The van der Waals surface area contributed by atoms with Gasteiger partial charge in [0, 0.05) is 0 Å². The van der Waals surface area contributed by atoms with Crippen LogP contribution in [0.15, 0.2) is 12.3 Å². The van der Waals surface area contributed by atoms with Gasteiger partial charge in [-0.15, -0.1) is 0 Å². The van der Waals surface area contributed by atoms with Gasteiger partial charge < -0.3 is 5.11 Å². The maximum atomic E-state index is 7.81. The molecular weight excluding hydrogens is 66.0 g/mol. The van der Waals surface area contributed by atoms with Crippen molar-refractivity contribution >= 4 is 0 Å². The Morgan fingerprint density at radius 1 is 2.00 bits per heavy atom. The van der Waals surface area contributed by atoms with E-state index in [0.717, 1.165) is 0 Å². The number of aliphatic hydroxyl groups excluding tert-OH is 1. The molecule has 26 valence electrons. The highest BCUT2D eigenvalue weighted by Crippen LogP contribution is 1.68. The van der Waals surface area contributed by atoms with Crippen LogP contribution in [-0.4, -0.2) is 5.11 Å². The first-order chi connectivity index (χ1) is 2.27. The molecule has 2 heteroatoms. The standard InChI is InChI=1S/C3H3NO/c1-3(5)2-4/h5H,1H2. The van der Waals surface area contributed by atoms with Crippen LogP contribution in [0, 0.1) is 11.3 Å². The van der Waals surface area contributed by atoms with Crippen LogP contribution in [0.5, 0.6) is 0 Å². The van der Waals surface area contributed by atoms with E-state index >= 15 is 0 Å². The van der Waals surface area contributed by atoms with Crippen molar-refractivity contribution in [3.8, 4) is 6.07 Å². The van der Waals surface area contributed by atoms with E-state index in [1.54, 1.807) is 0 Å². The van der Waals surface area contributed by atoms with E-state index in [1.165, 1.54) is 6.07 Å². The molecule has 0 aromatic heterocycles. The molecule has 0 aliphatic heterocycles. The number of allylic oxidation sites excluding steroid dienone is 1. The van der Waals surface area contributed by atoms with Crippen molar-refractivity contribution in [1.29, 1.82) is 5.26 Å². The molecule has 0 saturated heterocycles. The summed E-state index contributed by atoms with van der Waals surface area (Å²) in [7, 11) is 0. The fraction of sp³-hybridized carbons (Fsp3) is 0. The van der Waals surface area contributed by atoms with Gasteiger partial charge in [-0.1, -0.05) is 0 Å². The van der Waals surface area contributed by atoms with Crippen LogP contribution >= 0.6 is 0 Å². The highest BCUT2D eigenvalue weighted by Gasteiger charge is 1.68. The Bertz CT molecular complexity index is 79.4. The summed E-state index contributed by atoms with van der Waals surface area (Å²) in [4.78, 5) is 0. The van der Waals surface area contributed by atoms with E-state index < -0.39 is 5.76 Å². The van der Waals surface area contributed by atoms with Crippen LogP contribution in [0.2, 0.25) is 0 Å². The zero-order valence-corrected chi connectivity index (χ0v) is 2.60. The summed E-state index contributed by atoms with van der Waals surface area (Å²) in [6.45, 7) is 2.87. The van der Waals surface area contributed by atoms with Crippen LogP contribution in [-0.2, 0) is 0 Å². The second-order valence-corrected chi connectivity index (χ2v) is 0.558. The number of rotatable bonds is 0. The van der Waals surface area contributed by atoms with E-state index in [2.05, 4.69) is 6.58 Å². The second-order valence-electron chi connectivity index (χ2n) is 0.558. The first kappa shape index (κ1) is 4.03. The quantitative estimate of drug-likeness (QED) is 0.257. The maximum absolute atomic E-state index is 7.81. The third-order valence-electron chi connectivity index (χ3n) is 0.129. The molecule has 0 radical (unpaired) electrons. The number of nitriles is 1. The highest BCUT2D eigenvalue weighted by atomic mass is 16.3. The summed E-state index contributed by atoms with van der Waals surface area (Å²) in [6.07, 6.45) is 0. The summed E-state index contributed by atoms with van der Waals surface area (Å²) in [5.41, 5.74) is 0. The fourth-order valence-electron chi connectivity index (χ4n) is 0. The second kappa shape index (κ2) is 1.36. The van der Waals surface area contributed by atoms with Gasteiger partial charge in [0.2, 0.25) is 0 Å². The predicted molar refractivity (Wildman–Crippen MR) is 17.4 cm³/mol. The lowest BCUT2D eigenvalue weighted by atomic mass is 10.7. The van der Waals surface area contributed by atoms with E-state index in [9.17, 15) is 0 Å². The lowest BCUT2D eigenvalue weighted by Gasteiger charge is -1.64. The number of aliphatic hydroxyl groups is 1. The zero-order chi connectivity index (χ0) is 4.28. The average molecular weight is 69.1 g/mol. The third kappa shape index (κ3) is 3.03. The molecule has 1 N–H and O–H groups in total. The normalized spacial score (nSPS) is 5.40. The molecule has 0 atom stereocenters. The highest BCUT2D eigenvalue weighted by molar-refractivity contribution is 5.04. The molecule has 0 amide bonds. The molecule has 0 spiro atoms. The van der Waals surface area contributed by atoms with Crippen LogP contribution in [0.25, 0.3) is 0 Å². The number of hydrogen-bond donors (Lipinski definition) is 1. The number of hydrogen-bond acceptors (Lipinski definition) is 2. The van der Waals surface area contributed by atoms with E-state index in [4.69, 9.17) is 10.4 Å². The average Bonchev–Trinajstić information content (AvgIpc) is 1.38. The third-order valence-corrected chi connectivity index (χ3v) is 0.129. The molecule has 0 saturated carbocycles. The van der Waals surface area contributed by atoms with Crippen molar-refractivity contribution in [2.24, 2.45) is 0 Å². The Morgan fingerprint density at radius 2 is 2.20 bits per heavy atom. The van der Waals surface area contributed by atoms with Crippen molar-refractivity contribution in [2.75, 3.05) is 0 Å². The van der Waals surface area contributed by atoms with Gasteiger partial charge in [-0.3, -0.25) is 0 Å². The molecule has 0 bridgehead atoms. The molecule has 0 rings (SSSR count). The topological polar surface area (TPSA) is 44.0 Å².